The van der Waals surface area contributed by atoms with Crippen LogP contribution in [0, 0.1) is 13.8 Å². The van der Waals surface area contributed by atoms with Crippen molar-refractivity contribution in [2.75, 3.05) is 22.9 Å². The number of carbonyl (C=O) groups is 1. The Kier molecular flexibility index (Phi) is 7.95. The lowest BCUT2D eigenvalue weighted by molar-refractivity contribution is -0.121. The molecule has 0 aromatic heterocycles. The molecule has 2 rings (SSSR count). The van der Waals surface area contributed by atoms with E-state index >= 15 is 0 Å². The molecule has 0 spiro atoms. The average molecular weight is 421 g/mol. The number of hydrogen-bond donors (Lipinski definition) is 1. The van der Waals surface area contributed by atoms with Gasteiger partial charge in [-0.3, -0.25) is 9.10 Å². The van der Waals surface area contributed by atoms with Crippen LogP contribution in [0.15, 0.2) is 48.5 Å². The Balaban J connectivity index is 1.88. The summed E-state index contributed by atoms with van der Waals surface area (Å²) in [5.74, 6) is 1.34. The Bertz CT molecular complexity index is 879. The number of hydrogen-bond acceptors (Lipinski definition) is 4. The standard InChI is InChI=1S/C21H28N2O3S2/c1-16-5-9-19(10-6-16)15-27-14-13-22-21(24)18(3)23(28(4,25)26)20-11-7-17(2)8-12-20/h5-12,18H,13-15H2,1-4H3,(H,22,24). The van der Waals surface area contributed by atoms with E-state index in [-0.39, 0.29) is 5.91 Å². The maximum Gasteiger partial charge on any atom is 0.243 e. The summed E-state index contributed by atoms with van der Waals surface area (Å²) in [6, 6.07) is 14.7. The lowest BCUT2D eigenvalue weighted by Gasteiger charge is -2.28. The molecule has 0 radical (unpaired) electrons. The Morgan fingerprint density at radius 2 is 1.57 bits per heavy atom. The summed E-state index contributed by atoms with van der Waals surface area (Å²) in [4.78, 5) is 12.5. The molecule has 5 nitrogen and oxygen atoms in total. The van der Waals surface area contributed by atoms with Gasteiger partial charge in [0.2, 0.25) is 15.9 Å². The molecule has 7 heteroatoms. The zero-order valence-corrected chi connectivity index (χ0v) is 18.4. The minimum Gasteiger partial charge on any atom is -0.353 e. The number of thioether (sulfide) groups is 1. The lowest BCUT2D eigenvalue weighted by atomic mass is 10.2. The van der Waals surface area contributed by atoms with Gasteiger partial charge < -0.3 is 5.32 Å². The topological polar surface area (TPSA) is 66.5 Å². The van der Waals surface area contributed by atoms with E-state index in [0.29, 0.717) is 12.2 Å². The first-order chi connectivity index (χ1) is 13.2. The zero-order valence-electron chi connectivity index (χ0n) is 16.8. The number of rotatable bonds is 9. The number of anilines is 1. The smallest absolute Gasteiger partial charge is 0.243 e. The van der Waals surface area contributed by atoms with E-state index in [1.54, 1.807) is 30.8 Å². The van der Waals surface area contributed by atoms with Crippen molar-refractivity contribution in [2.45, 2.75) is 32.6 Å². The van der Waals surface area contributed by atoms with Crippen LogP contribution in [-0.4, -0.2) is 38.9 Å². The predicted octanol–water partition coefficient (Wildman–Crippen LogP) is 3.51. The van der Waals surface area contributed by atoms with Crippen LogP contribution in [-0.2, 0) is 20.6 Å². The predicted molar refractivity (Wildman–Crippen MR) is 118 cm³/mol. The van der Waals surface area contributed by atoms with E-state index in [0.717, 1.165) is 23.3 Å². The second-order valence-corrected chi connectivity index (χ2v) is 9.86. The molecule has 2 aromatic rings. The molecule has 0 saturated carbocycles. The van der Waals surface area contributed by atoms with Crippen molar-refractivity contribution >= 4 is 33.4 Å². The first kappa shape index (κ1) is 22.3. The molecule has 152 valence electrons. The summed E-state index contributed by atoms with van der Waals surface area (Å²) >= 11 is 1.73. The summed E-state index contributed by atoms with van der Waals surface area (Å²) in [6.45, 7) is 6.09. The van der Waals surface area contributed by atoms with Crippen LogP contribution in [0.2, 0.25) is 0 Å². The highest BCUT2D eigenvalue weighted by molar-refractivity contribution is 7.98. The number of aryl methyl sites for hydroxylation is 2. The minimum atomic E-state index is -3.58. The lowest BCUT2D eigenvalue weighted by Crippen LogP contribution is -2.48. The molecule has 1 N–H and O–H groups in total. The molecule has 0 aliphatic heterocycles. The SMILES string of the molecule is Cc1ccc(CSCCNC(=O)C(C)N(c2ccc(C)cc2)S(C)(=O)=O)cc1. The molecule has 2 aromatic carbocycles. The van der Waals surface area contributed by atoms with E-state index < -0.39 is 16.1 Å². The monoisotopic (exact) mass is 420 g/mol. The Morgan fingerprint density at radius 1 is 1.04 bits per heavy atom. The molecular formula is C21H28N2O3S2. The first-order valence-electron chi connectivity index (χ1n) is 9.15. The second kappa shape index (κ2) is 9.98. The highest BCUT2D eigenvalue weighted by atomic mass is 32.2. The van der Waals surface area contributed by atoms with Gasteiger partial charge in [0, 0.05) is 18.1 Å². The van der Waals surface area contributed by atoms with Crippen LogP contribution < -0.4 is 9.62 Å². The van der Waals surface area contributed by atoms with Crippen LogP contribution in [0.3, 0.4) is 0 Å². The summed E-state index contributed by atoms with van der Waals surface area (Å²) in [6.07, 6.45) is 1.12. The van der Waals surface area contributed by atoms with Crippen LogP contribution >= 0.6 is 11.8 Å². The molecule has 1 unspecified atom stereocenters. The number of amides is 1. The zero-order chi connectivity index (χ0) is 20.7. The van der Waals surface area contributed by atoms with Gasteiger partial charge in [-0.2, -0.15) is 11.8 Å². The maximum atomic E-state index is 12.5. The number of carbonyl (C=O) groups excluding carboxylic acids is 1. The number of benzene rings is 2. The quantitative estimate of drug-likeness (QED) is 0.631. The number of nitrogens with one attached hydrogen (secondary N) is 1. The minimum absolute atomic E-state index is 0.304. The van der Waals surface area contributed by atoms with E-state index in [9.17, 15) is 13.2 Å². The van der Waals surface area contributed by atoms with Crippen molar-refractivity contribution in [3.05, 3.63) is 65.2 Å². The van der Waals surface area contributed by atoms with Gasteiger partial charge in [-0.25, -0.2) is 8.42 Å². The third-order valence-corrected chi connectivity index (χ3v) is 6.58. The Morgan fingerprint density at radius 3 is 2.11 bits per heavy atom. The first-order valence-corrected chi connectivity index (χ1v) is 12.2. The Labute approximate surface area is 172 Å². The average Bonchev–Trinajstić information content (AvgIpc) is 2.63. The van der Waals surface area contributed by atoms with Gasteiger partial charge in [-0.15, -0.1) is 0 Å². The van der Waals surface area contributed by atoms with E-state index in [1.165, 1.54) is 15.4 Å². The third-order valence-electron chi connectivity index (χ3n) is 4.31. The highest BCUT2D eigenvalue weighted by Crippen LogP contribution is 2.21. The molecule has 1 atom stereocenters. The Hall–Kier alpha value is -1.99. The fourth-order valence-corrected chi connectivity index (χ4v) is 4.76. The molecule has 0 bridgehead atoms. The van der Waals surface area contributed by atoms with Crippen molar-refractivity contribution in [3.63, 3.8) is 0 Å². The molecule has 0 fully saturated rings. The van der Waals surface area contributed by atoms with Crippen LogP contribution in [0.4, 0.5) is 5.69 Å². The van der Waals surface area contributed by atoms with E-state index in [1.807, 2.05) is 19.1 Å². The summed E-state index contributed by atoms with van der Waals surface area (Å²) in [5, 5.41) is 2.85. The largest absolute Gasteiger partial charge is 0.353 e. The van der Waals surface area contributed by atoms with Crippen LogP contribution in [0.25, 0.3) is 0 Å². The maximum absolute atomic E-state index is 12.5. The fraction of sp³-hybridized carbons (Fsp3) is 0.381. The normalized spacial score (nSPS) is 12.4. The molecule has 0 heterocycles. The van der Waals surface area contributed by atoms with Crippen molar-refractivity contribution in [1.82, 2.24) is 5.32 Å². The van der Waals surface area contributed by atoms with Crippen LogP contribution in [0.1, 0.15) is 23.6 Å². The van der Waals surface area contributed by atoms with Gasteiger partial charge >= 0.3 is 0 Å². The molecule has 1 amide bonds. The number of sulfonamides is 1. The summed E-state index contributed by atoms with van der Waals surface area (Å²) < 4.78 is 25.7. The van der Waals surface area contributed by atoms with Gasteiger partial charge in [-0.05, 0) is 38.5 Å². The van der Waals surface area contributed by atoms with Gasteiger partial charge in [0.05, 0.1) is 11.9 Å². The van der Waals surface area contributed by atoms with E-state index in [4.69, 9.17) is 0 Å². The molecule has 0 aliphatic carbocycles. The van der Waals surface area contributed by atoms with Crippen molar-refractivity contribution < 1.29 is 13.2 Å². The summed E-state index contributed by atoms with van der Waals surface area (Å²) in [5.41, 5.74) is 4.00. The molecule has 0 saturated heterocycles. The third kappa shape index (κ3) is 6.56. The summed E-state index contributed by atoms with van der Waals surface area (Å²) in [7, 11) is -3.58. The van der Waals surface area contributed by atoms with Crippen molar-refractivity contribution in [3.8, 4) is 0 Å². The van der Waals surface area contributed by atoms with Crippen LogP contribution in [0.5, 0.6) is 0 Å². The van der Waals surface area contributed by atoms with Crippen molar-refractivity contribution in [1.29, 1.82) is 0 Å². The number of nitrogens with zero attached hydrogens (tertiary/aromatic N) is 1. The van der Waals surface area contributed by atoms with Crippen molar-refractivity contribution in [2.24, 2.45) is 0 Å². The van der Waals surface area contributed by atoms with Gasteiger partial charge in [0.15, 0.2) is 0 Å². The second-order valence-electron chi connectivity index (χ2n) is 6.90. The van der Waals surface area contributed by atoms with Gasteiger partial charge in [0.1, 0.15) is 6.04 Å². The van der Waals surface area contributed by atoms with Gasteiger partial charge in [0.25, 0.3) is 0 Å². The fourth-order valence-electron chi connectivity index (χ4n) is 2.77. The van der Waals surface area contributed by atoms with E-state index in [2.05, 4.69) is 36.5 Å². The molecular weight excluding hydrogens is 392 g/mol. The molecule has 0 aliphatic rings. The molecule has 28 heavy (non-hydrogen) atoms. The van der Waals surface area contributed by atoms with Gasteiger partial charge in [-0.1, -0.05) is 47.5 Å². The highest BCUT2D eigenvalue weighted by Gasteiger charge is 2.28.